The highest BCUT2D eigenvalue weighted by molar-refractivity contribution is 6.30. The van der Waals surface area contributed by atoms with Gasteiger partial charge in [-0.3, -0.25) is 0 Å². The third-order valence-corrected chi connectivity index (χ3v) is 2.28. The Hall–Kier alpha value is -1.92. The van der Waals surface area contributed by atoms with E-state index >= 15 is 0 Å². The Kier molecular flexibility index (Phi) is 3.59. The van der Waals surface area contributed by atoms with Crippen LogP contribution in [0.4, 0.5) is 14.6 Å². The number of hydrazine groups is 1. The van der Waals surface area contributed by atoms with Crippen LogP contribution in [0.3, 0.4) is 0 Å². The molecule has 0 amide bonds. The van der Waals surface area contributed by atoms with Gasteiger partial charge in [0.1, 0.15) is 5.75 Å². The molecule has 18 heavy (non-hydrogen) atoms. The van der Waals surface area contributed by atoms with E-state index in [0.717, 1.165) is 0 Å². The SMILES string of the molecule is NNc1nc(Oc2cccc(Cl)c2)c(F)cc1F. The van der Waals surface area contributed by atoms with Crippen molar-refractivity contribution in [1.29, 1.82) is 0 Å². The average Bonchev–Trinajstić information content (AvgIpc) is 2.33. The van der Waals surface area contributed by atoms with E-state index < -0.39 is 17.5 Å². The molecule has 0 atom stereocenters. The second-order valence-electron chi connectivity index (χ2n) is 3.31. The second kappa shape index (κ2) is 5.16. The highest BCUT2D eigenvalue weighted by Gasteiger charge is 2.13. The Bertz CT molecular complexity index is 580. The van der Waals surface area contributed by atoms with E-state index in [1.165, 1.54) is 6.07 Å². The van der Waals surface area contributed by atoms with Crippen LogP contribution < -0.4 is 16.0 Å². The summed E-state index contributed by atoms with van der Waals surface area (Å²) in [6, 6.07) is 6.92. The molecular weight excluding hydrogens is 264 g/mol. The number of pyridine rings is 1. The lowest BCUT2D eigenvalue weighted by atomic mass is 10.3. The summed E-state index contributed by atoms with van der Waals surface area (Å²) in [7, 11) is 0. The minimum Gasteiger partial charge on any atom is -0.436 e. The smallest absolute Gasteiger partial charge is 0.258 e. The molecule has 3 N–H and O–H groups in total. The van der Waals surface area contributed by atoms with Crippen molar-refractivity contribution in [1.82, 2.24) is 4.98 Å². The Labute approximate surface area is 106 Å². The molecule has 94 valence electrons. The van der Waals surface area contributed by atoms with E-state index in [1.54, 1.807) is 18.2 Å². The number of nitrogens with zero attached hydrogens (tertiary/aromatic N) is 1. The van der Waals surface area contributed by atoms with Gasteiger partial charge in [-0.2, -0.15) is 4.98 Å². The fourth-order valence-corrected chi connectivity index (χ4v) is 1.44. The van der Waals surface area contributed by atoms with Gasteiger partial charge in [0.2, 0.25) is 0 Å². The van der Waals surface area contributed by atoms with Crippen molar-refractivity contribution in [3.05, 3.63) is 47.0 Å². The van der Waals surface area contributed by atoms with Crippen LogP contribution in [-0.2, 0) is 0 Å². The molecule has 0 spiro atoms. The molecule has 0 saturated heterocycles. The van der Waals surface area contributed by atoms with Crippen molar-refractivity contribution in [2.24, 2.45) is 5.84 Å². The molecule has 1 aromatic heterocycles. The lowest BCUT2D eigenvalue weighted by Gasteiger charge is -2.08. The molecule has 4 nitrogen and oxygen atoms in total. The van der Waals surface area contributed by atoms with Gasteiger partial charge >= 0.3 is 0 Å². The number of hydrogen-bond donors (Lipinski definition) is 2. The minimum atomic E-state index is -0.938. The molecule has 0 bridgehead atoms. The first-order chi connectivity index (χ1) is 8.60. The predicted octanol–water partition coefficient (Wildman–Crippen LogP) is 3.09. The molecule has 0 saturated carbocycles. The third-order valence-electron chi connectivity index (χ3n) is 2.04. The molecule has 0 fully saturated rings. The quantitative estimate of drug-likeness (QED) is 0.665. The maximum absolute atomic E-state index is 13.4. The number of aromatic nitrogens is 1. The molecule has 1 aromatic carbocycles. The first kappa shape index (κ1) is 12.5. The summed E-state index contributed by atoms with van der Waals surface area (Å²) < 4.78 is 31.7. The number of hydrogen-bond acceptors (Lipinski definition) is 4. The number of nitrogen functional groups attached to an aromatic ring is 1. The van der Waals surface area contributed by atoms with Crippen LogP contribution in [0.25, 0.3) is 0 Å². The zero-order valence-electron chi connectivity index (χ0n) is 8.95. The highest BCUT2D eigenvalue weighted by atomic mass is 35.5. The van der Waals surface area contributed by atoms with E-state index in [4.69, 9.17) is 22.2 Å². The van der Waals surface area contributed by atoms with Crippen LogP contribution in [0, 0.1) is 11.6 Å². The summed E-state index contributed by atoms with van der Waals surface area (Å²) in [5.74, 6) is 2.76. The van der Waals surface area contributed by atoms with E-state index in [2.05, 4.69) is 4.98 Å². The van der Waals surface area contributed by atoms with Crippen LogP contribution in [0.1, 0.15) is 0 Å². The summed E-state index contributed by atoms with van der Waals surface area (Å²) >= 11 is 5.75. The lowest BCUT2D eigenvalue weighted by Crippen LogP contribution is -2.11. The molecule has 0 aliphatic rings. The van der Waals surface area contributed by atoms with Crippen molar-refractivity contribution in [2.75, 3.05) is 5.43 Å². The molecule has 0 radical (unpaired) electrons. The van der Waals surface area contributed by atoms with Gasteiger partial charge in [0, 0.05) is 11.1 Å². The number of benzene rings is 1. The van der Waals surface area contributed by atoms with Crippen molar-refractivity contribution in [3.8, 4) is 11.6 Å². The number of nitrogens with one attached hydrogen (secondary N) is 1. The largest absolute Gasteiger partial charge is 0.436 e. The van der Waals surface area contributed by atoms with E-state index in [9.17, 15) is 8.78 Å². The monoisotopic (exact) mass is 271 g/mol. The van der Waals surface area contributed by atoms with Crippen molar-refractivity contribution in [2.45, 2.75) is 0 Å². The summed E-state index contributed by atoms with van der Waals surface area (Å²) in [5, 5.41) is 0.423. The first-order valence-electron chi connectivity index (χ1n) is 4.86. The van der Waals surface area contributed by atoms with Gasteiger partial charge in [0.25, 0.3) is 5.88 Å². The Morgan fingerprint density at radius 3 is 2.67 bits per heavy atom. The van der Waals surface area contributed by atoms with E-state index in [0.29, 0.717) is 11.1 Å². The van der Waals surface area contributed by atoms with Gasteiger partial charge in [-0.1, -0.05) is 17.7 Å². The summed E-state index contributed by atoms with van der Waals surface area (Å²) in [4.78, 5) is 3.56. The molecule has 0 aliphatic carbocycles. The van der Waals surface area contributed by atoms with Crippen LogP contribution >= 0.6 is 11.6 Å². The number of halogens is 3. The van der Waals surface area contributed by atoms with Crippen LogP contribution in [-0.4, -0.2) is 4.98 Å². The maximum atomic E-state index is 13.4. The van der Waals surface area contributed by atoms with Crippen molar-refractivity contribution in [3.63, 3.8) is 0 Å². The van der Waals surface area contributed by atoms with E-state index in [1.807, 2.05) is 5.43 Å². The van der Waals surface area contributed by atoms with Gasteiger partial charge in [-0.25, -0.2) is 14.6 Å². The van der Waals surface area contributed by atoms with Gasteiger partial charge in [-0.15, -0.1) is 0 Å². The number of rotatable bonds is 3. The highest BCUT2D eigenvalue weighted by Crippen LogP contribution is 2.27. The van der Waals surface area contributed by atoms with Gasteiger partial charge in [0.05, 0.1) is 0 Å². The van der Waals surface area contributed by atoms with Crippen LogP contribution in [0.5, 0.6) is 11.6 Å². The molecule has 0 aliphatic heterocycles. The fourth-order valence-electron chi connectivity index (χ4n) is 1.26. The average molecular weight is 272 g/mol. The van der Waals surface area contributed by atoms with Crippen molar-refractivity contribution >= 4 is 17.4 Å². The van der Waals surface area contributed by atoms with Gasteiger partial charge in [-0.05, 0) is 18.2 Å². The van der Waals surface area contributed by atoms with Crippen LogP contribution in [0.2, 0.25) is 5.02 Å². The van der Waals surface area contributed by atoms with Gasteiger partial charge < -0.3 is 10.2 Å². The van der Waals surface area contributed by atoms with Crippen molar-refractivity contribution < 1.29 is 13.5 Å². The second-order valence-corrected chi connectivity index (χ2v) is 3.75. The molecule has 1 heterocycles. The predicted molar refractivity (Wildman–Crippen MR) is 63.5 cm³/mol. The molecular formula is C11H8ClF2N3O. The molecule has 2 rings (SSSR count). The first-order valence-corrected chi connectivity index (χ1v) is 5.24. The van der Waals surface area contributed by atoms with E-state index in [-0.39, 0.29) is 11.6 Å². The van der Waals surface area contributed by atoms with Gasteiger partial charge in [0.15, 0.2) is 17.5 Å². The number of anilines is 1. The minimum absolute atomic E-state index is 0.281. The van der Waals surface area contributed by atoms with Crippen LogP contribution in [0.15, 0.2) is 30.3 Å². The standard InChI is InChI=1S/C11H8ClF2N3O/c12-6-2-1-3-7(4-6)18-11-9(14)5-8(13)10(16-11)17-15/h1-5H,15H2,(H,16,17). The Morgan fingerprint density at radius 1 is 1.22 bits per heavy atom. The molecule has 2 aromatic rings. The third kappa shape index (κ3) is 2.66. The Morgan fingerprint density at radius 2 is 2.00 bits per heavy atom. The fraction of sp³-hybridized carbons (Fsp3) is 0. The number of ether oxygens (including phenoxy) is 1. The summed E-state index contributed by atoms with van der Waals surface area (Å²) in [5.41, 5.74) is 2.00. The number of nitrogens with two attached hydrogens (primary N) is 1. The summed E-state index contributed by atoms with van der Waals surface area (Å²) in [6.07, 6.45) is 0. The summed E-state index contributed by atoms with van der Waals surface area (Å²) in [6.45, 7) is 0. The normalized spacial score (nSPS) is 10.2. The topological polar surface area (TPSA) is 60.2 Å². The Balaban J connectivity index is 2.34. The zero-order chi connectivity index (χ0) is 13.1. The zero-order valence-corrected chi connectivity index (χ0v) is 9.71. The maximum Gasteiger partial charge on any atom is 0.258 e. The molecule has 0 unspecified atom stereocenters. The molecule has 7 heteroatoms. The lowest BCUT2D eigenvalue weighted by molar-refractivity contribution is 0.418.